The number of nitrogens with zero attached hydrogens (tertiary/aromatic N) is 2. The highest BCUT2D eigenvalue weighted by atomic mass is 16.6. The van der Waals surface area contributed by atoms with Crippen LogP contribution in [0.25, 0.3) is 16.6 Å². The second-order valence-corrected chi connectivity index (χ2v) is 4.74. The molecule has 1 aromatic heterocycles. The average molecular weight is 284 g/mol. The van der Waals surface area contributed by atoms with Gasteiger partial charge < -0.3 is 14.8 Å². The third-order valence-electron chi connectivity index (χ3n) is 3.45. The minimum Gasteiger partial charge on any atom is -0.508 e. The van der Waals surface area contributed by atoms with E-state index >= 15 is 0 Å². The summed E-state index contributed by atoms with van der Waals surface area (Å²) in [4.78, 5) is 10.9. The monoisotopic (exact) mass is 284 g/mol. The summed E-state index contributed by atoms with van der Waals surface area (Å²) >= 11 is 0. The molecule has 0 aliphatic heterocycles. The van der Waals surface area contributed by atoms with Gasteiger partial charge in [-0.2, -0.15) is 0 Å². The third kappa shape index (κ3) is 1.97. The van der Waals surface area contributed by atoms with Crippen LogP contribution in [-0.2, 0) is 0 Å². The van der Waals surface area contributed by atoms with Crippen LogP contribution in [0, 0.1) is 17.0 Å². The third-order valence-corrected chi connectivity index (χ3v) is 3.45. The Morgan fingerprint density at radius 3 is 2.29 bits per heavy atom. The number of hydrogen-bond donors (Lipinski definition) is 2. The van der Waals surface area contributed by atoms with E-state index in [4.69, 9.17) is 0 Å². The van der Waals surface area contributed by atoms with Gasteiger partial charge in [0.25, 0.3) is 5.69 Å². The van der Waals surface area contributed by atoms with Crippen LogP contribution < -0.4 is 0 Å². The predicted molar refractivity (Wildman–Crippen MR) is 78.0 cm³/mol. The Balaban J connectivity index is 2.41. The van der Waals surface area contributed by atoms with Crippen LogP contribution >= 0.6 is 0 Å². The number of aromatic hydroxyl groups is 2. The molecule has 21 heavy (non-hydrogen) atoms. The summed E-state index contributed by atoms with van der Waals surface area (Å²) in [5.41, 5.74) is 1.70. The van der Waals surface area contributed by atoms with E-state index in [1.807, 2.05) is 0 Å². The fourth-order valence-electron chi connectivity index (χ4n) is 2.55. The normalized spacial score (nSPS) is 10.9. The van der Waals surface area contributed by atoms with Gasteiger partial charge in [0.1, 0.15) is 11.5 Å². The SMILES string of the molecule is Cc1c([N+](=O)[O-])c2ccc(O)cc2n1-c1ccc(O)cc1. The van der Waals surface area contributed by atoms with Crippen LogP contribution in [0.15, 0.2) is 42.5 Å². The number of rotatable bonds is 2. The Hall–Kier alpha value is -3.02. The fraction of sp³-hybridized carbons (Fsp3) is 0.0667. The maximum absolute atomic E-state index is 11.3. The van der Waals surface area contributed by atoms with Gasteiger partial charge in [-0.15, -0.1) is 0 Å². The van der Waals surface area contributed by atoms with E-state index in [1.165, 1.54) is 30.3 Å². The molecule has 2 aromatic carbocycles. The molecule has 0 saturated heterocycles. The lowest BCUT2D eigenvalue weighted by Gasteiger charge is -2.07. The Labute approximate surface area is 119 Å². The molecule has 0 unspecified atom stereocenters. The largest absolute Gasteiger partial charge is 0.508 e. The number of nitro groups is 1. The van der Waals surface area contributed by atoms with Gasteiger partial charge in [0.2, 0.25) is 0 Å². The standard InChI is InChI=1S/C15H12N2O4/c1-9-15(17(20)21)13-7-6-12(19)8-14(13)16(9)10-2-4-11(18)5-3-10/h2-8,18-19H,1H3. The molecule has 1 heterocycles. The molecule has 3 rings (SSSR count). The van der Waals surface area contributed by atoms with Gasteiger partial charge in [-0.25, -0.2) is 0 Å². The molecule has 0 atom stereocenters. The van der Waals surface area contributed by atoms with Crippen molar-refractivity contribution in [3.8, 4) is 17.2 Å². The van der Waals surface area contributed by atoms with E-state index < -0.39 is 4.92 Å². The van der Waals surface area contributed by atoms with Crippen LogP contribution in [0.2, 0.25) is 0 Å². The van der Waals surface area contributed by atoms with Gasteiger partial charge in [-0.05, 0) is 43.3 Å². The first-order chi connectivity index (χ1) is 9.99. The lowest BCUT2D eigenvalue weighted by molar-refractivity contribution is -0.383. The zero-order chi connectivity index (χ0) is 15.1. The highest BCUT2D eigenvalue weighted by Gasteiger charge is 2.24. The Kier molecular flexibility index (Phi) is 2.79. The number of fused-ring (bicyclic) bond motifs is 1. The van der Waals surface area contributed by atoms with Gasteiger partial charge in [0, 0.05) is 11.8 Å². The van der Waals surface area contributed by atoms with E-state index in [9.17, 15) is 20.3 Å². The first kappa shape index (κ1) is 13.0. The number of aromatic nitrogens is 1. The predicted octanol–water partition coefficient (Wildman–Crippen LogP) is 3.26. The van der Waals surface area contributed by atoms with E-state index in [2.05, 4.69) is 0 Å². The van der Waals surface area contributed by atoms with Crippen molar-refractivity contribution >= 4 is 16.6 Å². The quantitative estimate of drug-likeness (QED) is 0.558. The van der Waals surface area contributed by atoms with Gasteiger partial charge >= 0.3 is 0 Å². The average Bonchev–Trinajstić information content (AvgIpc) is 2.71. The number of hydrogen-bond acceptors (Lipinski definition) is 4. The van der Waals surface area contributed by atoms with Gasteiger partial charge in [-0.3, -0.25) is 10.1 Å². The fourth-order valence-corrected chi connectivity index (χ4v) is 2.55. The molecular formula is C15H12N2O4. The van der Waals surface area contributed by atoms with Crippen molar-refractivity contribution < 1.29 is 15.1 Å². The zero-order valence-corrected chi connectivity index (χ0v) is 11.1. The molecule has 2 N–H and O–H groups in total. The molecule has 6 nitrogen and oxygen atoms in total. The second-order valence-electron chi connectivity index (χ2n) is 4.74. The minimum atomic E-state index is -0.425. The molecule has 0 fully saturated rings. The second kappa shape index (κ2) is 4.52. The topological polar surface area (TPSA) is 88.5 Å². The Bertz CT molecular complexity index is 850. The molecule has 3 aromatic rings. The van der Waals surface area contributed by atoms with Crippen LogP contribution in [0.5, 0.6) is 11.5 Å². The molecule has 6 heteroatoms. The van der Waals surface area contributed by atoms with Gasteiger partial charge in [-0.1, -0.05) is 0 Å². The van der Waals surface area contributed by atoms with Crippen LogP contribution in [0.4, 0.5) is 5.69 Å². The summed E-state index contributed by atoms with van der Waals surface area (Å²) < 4.78 is 1.69. The molecule has 0 bridgehead atoms. The molecule has 0 aliphatic rings. The van der Waals surface area contributed by atoms with Crippen molar-refractivity contribution in [2.45, 2.75) is 6.92 Å². The van der Waals surface area contributed by atoms with E-state index in [0.717, 1.165) is 0 Å². The Morgan fingerprint density at radius 2 is 1.67 bits per heavy atom. The molecule has 0 radical (unpaired) electrons. The zero-order valence-electron chi connectivity index (χ0n) is 11.1. The van der Waals surface area contributed by atoms with Crippen LogP contribution in [0.1, 0.15) is 5.69 Å². The summed E-state index contributed by atoms with van der Waals surface area (Å²) in [5, 5.41) is 30.8. The van der Waals surface area contributed by atoms with E-state index in [0.29, 0.717) is 22.3 Å². The highest BCUT2D eigenvalue weighted by molar-refractivity contribution is 5.93. The molecule has 0 spiro atoms. The molecule has 0 aliphatic carbocycles. The summed E-state index contributed by atoms with van der Waals surface area (Å²) in [6.07, 6.45) is 0. The van der Waals surface area contributed by atoms with Crippen LogP contribution in [-0.4, -0.2) is 19.7 Å². The highest BCUT2D eigenvalue weighted by Crippen LogP contribution is 2.36. The maximum Gasteiger partial charge on any atom is 0.298 e. The molecular weight excluding hydrogens is 272 g/mol. The summed E-state index contributed by atoms with van der Waals surface area (Å²) in [6.45, 7) is 1.65. The van der Waals surface area contributed by atoms with Gasteiger partial charge in [0.15, 0.2) is 0 Å². The van der Waals surface area contributed by atoms with Crippen molar-refractivity contribution in [1.29, 1.82) is 0 Å². The number of phenolic OH excluding ortho intramolecular Hbond substituents is 2. The molecule has 106 valence electrons. The van der Waals surface area contributed by atoms with Crippen molar-refractivity contribution in [2.24, 2.45) is 0 Å². The number of phenols is 2. The lowest BCUT2D eigenvalue weighted by atomic mass is 10.2. The maximum atomic E-state index is 11.3. The molecule has 0 amide bonds. The minimum absolute atomic E-state index is 0.0121. The number of benzene rings is 2. The first-order valence-corrected chi connectivity index (χ1v) is 6.27. The Morgan fingerprint density at radius 1 is 1.05 bits per heavy atom. The lowest BCUT2D eigenvalue weighted by Crippen LogP contribution is -1.97. The van der Waals surface area contributed by atoms with Crippen LogP contribution in [0.3, 0.4) is 0 Å². The van der Waals surface area contributed by atoms with Crippen molar-refractivity contribution in [3.63, 3.8) is 0 Å². The first-order valence-electron chi connectivity index (χ1n) is 6.27. The summed E-state index contributed by atoms with van der Waals surface area (Å²) in [6, 6.07) is 10.8. The molecule has 0 saturated carbocycles. The van der Waals surface area contributed by atoms with Crippen molar-refractivity contribution in [1.82, 2.24) is 4.57 Å². The van der Waals surface area contributed by atoms with Crippen molar-refractivity contribution in [2.75, 3.05) is 0 Å². The van der Waals surface area contributed by atoms with Gasteiger partial charge in [0.05, 0.1) is 21.5 Å². The van der Waals surface area contributed by atoms with E-state index in [-0.39, 0.29) is 17.2 Å². The smallest absolute Gasteiger partial charge is 0.298 e. The summed E-state index contributed by atoms with van der Waals surface area (Å²) in [7, 11) is 0. The van der Waals surface area contributed by atoms with Crippen molar-refractivity contribution in [3.05, 3.63) is 58.3 Å². The summed E-state index contributed by atoms with van der Waals surface area (Å²) in [5.74, 6) is 0.153. The van der Waals surface area contributed by atoms with E-state index in [1.54, 1.807) is 23.6 Å².